The fraction of sp³-hybridized carbons (Fsp3) is 0.167. The Balaban J connectivity index is 2.34. The van der Waals surface area contributed by atoms with Crippen LogP contribution in [0.25, 0.3) is 16.9 Å². The Morgan fingerprint density at radius 3 is 2.83 bits per heavy atom. The van der Waals surface area contributed by atoms with Gasteiger partial charge in [0.05, 0.1) is 16.9 Å². The molecule has 3 rings (SSSR count). The lowest BCUT2D eigenvalue weighted by Gasteiger charge is -2.03. The maximum Gasteiger partial charge on any atom is 0.160 e. The summed E-state index contributed by atoms with van der Waals surface area (Å²) in [6, 6.07) is 7.90. The SMILES string of the molecule is Cn1ccc(-n2c(CCl)nc3ccc(Br)cc32)n1. The van der Waals surface area contributed by atoms with Crippen LogP contribution in [0, 0.1) is 0 Å². The van der Waals surface area contributed by atoms with E-state index in [-0.39, 0.29) is 0 Å². The number of imidazole rings is 1. The third kappa shape index (κ3) is 1.83. The van der Waals surface area contributed by atoms with E-state index in [0.29, 0.717) is 5.88 Å². The molecule has 3 aromatic rings. The van der Waals surface area contributed by atoms with E-state index in [1.165, 1.54) is 0 Å². The van der Waals surface area contributed by atoms with Gasteiger partial charge in [0.25, 0.3) is 0 Å². The Labute approximate surface area is 117 Å². The highest BCUT2D eigenvalue weighted by Gasteiger charge is 2.13. The first-order valence-electron chi connectivity index (χ1n) is 5.42. The van der Waals surface area contributed by atoms with Gasteiger partial charge in [-0.2, -0.15) is 5.10 Å². The molecule has 0 bridgehead atoms. The lowest BCUT2D eigenvalue weighted by Crippen LogP contribution is -2.01. The summed E-state index contributed by atoms with van der Waals surface area (Å²) in [7, 11) is 1.89. The molecule has 0 saturated heterocycles. The van der Waals surface area contributed by atoms with Gasteiger partial charge in [0.15, 0.2) is 5.82 Å². The van der Waals surface area contributed by atoms with Crippen molar-refractivity contribution in [3.8, 4) is 5.82 Å². The number of alkyl halides is 1. The molecule has 0 aliphatic rings. The third-order valence-corrected chi connectivity index (χ3v) is 3.47. The minimum Gasteiger partial charge on any atom is -0.278 e. The number of rotatable bonds is 2. The molecule has 0 aliphatic heterocycles. The van der Waals surface area contributed by atoms with Crippen LogP contribution in [0.5, 0.6) is 0 Å². The van der Waals surface area contributed by atoms with Gasteiger partial charge in [0.1, 0.15) is 5.82 Å². The van der Waals surface area contributed by atoms with Gasteiger partial charge < -0.3 is 0 Å². The van der Waals surface area contributed by atoms with Gasteiger partial charge in [-0.05, 0) is 18.2 Å². The van der Waals surface area contributed by atoms with E-state index < -0.39 is 0 Å². The van der Waals surface area contributed by atoms with Crippen LogP contribution in [-0.4, -0.2) is 19.3 Å². The quantitative estimate of drug-likeness (QED) is 0.678. The van der Waals surface area contributed by atoms with Crippen molar-refractivity contribution in [1.29, 1.82) is 0 Å². The molecule has 0 N–H and O–H groups in total. The van der Waals surface area contributed by atoms with Gasteiger partial charge in [-0.15, -0.1) is 11.6 Å². The summed E-state index contributed by atoms with van der Waals surface area (Å²) in [5.74, 6) is 1.97. The molecule has 0 aliphatic carbocycles. The highest BCUT2D eigenvalue weighted by molar-refractivity contribution is 9.10. The molecule has 0 fully saturated rings. The van der Waals surface area contributed by atoms with Crippen LogP contribution >= 0.6 is 27.5 Å². The molecule has 4 nitrogen and oxygen atoms in total. The van der Waals surface area contributed by atoms with Crippen LogP contribution in [0.15, 0.2) is 34.9 Å². The van der Waals surface area contributed by atoms with Crippen molar-refractivity contribution in [2.75, 3.05) is 0 Å². The number of aryl methyl sites for hydroxylation is 1. The Hall–Kier alpha value is -1.33. The maximum absolute atomic E-state index is 5.97. The van der Waals surface area contributed by atoms with E-state index in [9.17, 15) is 0 Å². The number of aromatic nitrogens is 4. The molecule has 0 radical (unpaired) electrons. The van der Waals surface area contributed by atoms with E-state index in [1.54, 1.807) is 4.68 Å². The van der Waals surface area contributed by atoms with E-state index in [1.807, 2.05) is 42.1 Å². The van der Waals surface area contributed by atoms with Gasteiger partial charge in [0.2, 0.25) is 0 Å². The van der Waals surface area contributed by atoms with Crippen LogP contribution in [0.3, 0.4) is 0 Å². The number of halogens is 2. The molecule has 2 aromatic heterocycles. The van der Waals surface area contributed by atoms with Crippen molar-refractivity contribution in [1.82, 2.24) is 19.3 Å². The zero-order chi connectivity index (χ0) is 12.7. The Morgan fingerprint density at radius 2 is 2.17 bits per heavy atom. The summed E-state index contributed by atoms with van der Waals surface area (Å²) < 4.78 is 4.75. The number of fused-ring (bicyclic) bond motifs is 1. The van der Waals surface area contributed by atoms with Crippen LogP contribution in [-0.2, 0) is 12.9 Å². The van der Waals surface area contributed by atoms with E-state index in [4.69, 9.17) is 11.6 Å². The minimum absolute atomic E-state index is 0.350. The fourth-order valence-corrected chi connectivity index (χ4v) is 2.49. The van der Waals surface area contributed by atoms with Crippen molar-refractivity contribution in [3.63, 3.8) is 0 Å². The predicted molar refractivity (Wildman–Crippen MR) is 75.1 cm³/mol. The normalized spacial score (nSPS) is 11.3. The fourth-order valence-electron chi connectivity index (χ4n) is 1.97. The van der Waals surface area contributed by atoms with Gasteiger partial charge in [-0.3, -0.25) is 9.25 Å². The molecule has 2 heterocycles. The van der Waals surface area contributed by atoms with Gasteiger partial charge in [0, 0.05) is 23.8 Å². The summed E-state index contributed by atoms with van der Waals surface area (Å²) in [4.78, 5) is 4.52. The number of hydrogen-bond donors (Lipinski definition) is 0. The molecule has 6 heteroatoms. The third-order valence-electron chi connectivity index (χ3n) is 2.73. The standard InChI is InChI=1S/C12H10BrClN4/c1-17-5-4-11(16-17)18-10-6-8(13)2-3-9(10)15-12(18)7-14/h2-6H,7H2,1H3. The molecule has 92 valence electrons. The van der Waals surface area contributed by atoms with Crippen molar-refractivity contribution in [2.45, 2.75) is 5.88 Å². The van der Waals surface area contributed by atoms with E-state index in [0.717, 1.165) is 27.1 Å². The van der Waals surface area contributed by atoms with Gasteiger partial charge in [-0.25, -0.2) is 4.98 Å². The summed E-state index contributed by atoms with van der Waals surface area (Å²) in [6.45, 7) is 0. The van der Waals surface area contributed by atoms with Crippen molar-refractivity contribution >= 4 is 38.6 Å². The Morgan fingerprint density at radius 1 is 1.33 bits per heavy atom. The lowest BCUT2D eigenvalue weighted by molar-refractivity contribution is 0.749. The van der Waals surface area contributed by atoms with Crippen LogP contribution in [0.4, 0.5) is 0 Å². The molecule has 0 saturated carbocycles. The first-order valence-corrected chi connectivity index (χ1v) is 6.74. The first-order chi connectivity index (χ1) is 8.69. The molecular weight excluding hydrogens is 316 g/mol. The van der Waals surface area contributed by atoms with E-state index >= 15 is 0 Å². The van der Waals surface area contributed by atoms with Gasteiger partial charge >= 0.3 is 0 Å². The second-order valence-corrected chi connectivity index (χ2v) is 5.16. The Kier molecular flexibility index (Phi) is 2.87. The molecule has 18 heavy (non-hydrogen) atoms. The smallest absolute Gasteiger partial charge is 0.160 e. The topological polar surface area (TPSA) is 35.6 Å². The first kappa shape index (κ1) is 11.7. The second-order valence-electron chi connectivity index (χ2n) is 3.98. The molecule has 0 amide bonds. The van der Waals surface area contributed by atoms with Crippen LogP contribution in [0.1, 0.15) is 5.82 Å². The monoisotopic (exact) mass is 324 g/mol. The summed E-state index contributed by atoms with van der Waals surface area (Å²) in [5, 5.41) is 4.41. The second kappa shape index (κ2) is 4.40. The molecule has 0 spiro atoms. The molecule has 1 aromatic carbocycles. The highest BCUT2D eigenvalue weighted by atomic mass is 79.9. The predicted octanol–water partition coefficient (Wildman–Crippen LogP) is 3.26. The van der Waals surface area contributed by atoms with Crippen molar-refractivity contribution in [2.24, 2.45) is 7.05 Å². The van der Waals surface area contributed by atoms with Crippen LogP contribution < -0.4 is 0 Å². The number of nitrogens with zero attached hydrogens (tertiary/aromatic N) is 4. The molecule has 0 unspecified atom stereocenters. The summed E-state index contributed by atoms with van der Waals surface area (Å²) in [6.07, 6.45) is 1.90. The summed E-state index contributed by atoms with van der Waals surface area (Å²) in [5.41, 5.74) is 1.92. The zero-order valence-corrected chi connectivity index (χ0v) is 12.0. The molecular formula is C12H10BrClN4. The van der Waals surface area contributed by atoms with E-state index in [2.05, 4.69) is 26.0 Å². The lowest BCUT2D eigenvalue weighted by atomic mass is 10.3. The van der Waals surface area contributed by atoms with Crippen LogP contribution in [0.2, 0.25) is 0 Å². The maximum atomic E-state index is 5.97. The average molecular weight is 326 g/mol. The minimum atomic E-state index is 0.350. The zero-order valence-electron chi connectivity index (χ0n) is 9.64. The van der Waals surface area contributed by atoms with Crippen molar-refractivity contribution < 1.29 is 0 Å². The largest absolute Gasteiger partial charge is 0.278 e. The van der Waals surface area contributed by atoms with Gasteiger partial charge in [-0.1, -0.05) is 15.9 Å². The Bertz CT molecular complexity index is 716. The van der Waals surface area contributed by atoms with Crippen molar-refractivity contribution in [3.05, 3.63) is 40.8 Å². The highest BCUT2D eigenvalue weighted by Crippen LogP contribution is 2.24. The molecule has 0 atom stereocenters. The number of benzene rings is 1. The number of hydrogen-bond acceptors (Lipinski definition) is 2. The average Bonchev–Trinajstić information content (AvgIpc) is 2.91. The summed E-state index contributed by atoms with van der Waals surface area (Å²) >= 11 is 9.45.